The largest absolute Gasteiger partial charge is 0.497 e. The molecule has 0 fully saturated rings. The predicted octanol–water partition coefficient (Wildman–Crippen LogP) is 3.80. The predicted molar refractivity (Wildman–Crippen MR) is 84.1 cm³/mol. The molecule has 0 amide bonds. The monoisotopic (exact) mass is 285 g/mol. The molecule has 1 N–H and O–H groups in total. The minimum atomic E-state index is -0.358. The number of ether oxygens (including phenoxy) is 1. The summed E-state index contributed by atoms with van der Waals surface area (Å²) in [5.41, 5.74) is 4.76. The number of hydrogen-bond acceptors (Lipinski definition) is 2. The second kappa shape index (κ2) is 4.92. The summed E-state index contributed by atoms with van der Waals surface area (Å²) in [7, 11) is 1.69. The Bertz CT molecular complexity index is 670. The molecule has 0 saturated carbocycles. The first-order valence-electron chi connectivity index (χ1n) is 7.44. The SMILES string of the molecule is COc1ccc(-n2ccc3c2CC(C)(C)CC3O)c(C)c1. The van der Waals surface area contributed by atoms with Crippen molar-refractivity contribution in [2.24, 2.45) is 5.41 Å². The third-order valence-electron chi connectivity index (χ3n) is 4.44. The van der Waals surface area contributed by atoms with Crippen LogP contribution < -0.4 is 4.74 Å². The summed E-state index contributed by atoms with van der Waals surface area (Å²) < 4.78 is 7.50. The van der Waals surface area contributed by atoms with Gasteiger partial charge in [-0.25, -0.2) is 0 Å². The minimum absolute atomic E-state index is 0.128. The number of aryl methyl sites for hydroxylation is 1. The maximum atomic E-state index is 10.4. The Hall–Kier alpha value is -1.74. The molecule has 0 radical (unpaired) electrons. The van der Waals surface area contributed by atoms with E-state index < -0.39 is 0 Å². The van der Waals surface area contributed by atoms with E-state index >= 15 is 0 Å². The van der Waals surface area contributed by atoms with Crippen LogP contribution in [0.2, 0.25) is 0 Å². The minimum Gasteiger partial charge on any atom is -0.497 e. The van der Waals surface area contributed by atoms with Crippen LogP contribution in [-0.4, -0.2) is 16.8 Å². The molecule has 112 valence electrons. The lowest BCUT2D eigenvalue weighted by atomic mass is 9.75. The molecule has 1 aromatic carbocycles. The molecule has 0 aliphatic heterocycles. The molecule has 1 unspecified atom stereocenters. The van der Waals surface area contributed by atoms with Gasteiger partial charge in [0, 0.05) is 23.1 Å². The Balaban J connectivity index is 2.09. The highest BCUT2D eigenvalue weighted by atomic mass is 16.5. The Morgan fingerprint density at radius 1 is 1.29 bits per heavy atom. The lowest BCUT2D eigenvalue weighted by Gasteiger charge is -2.34. The fraction of sp³-hybridized carbons (Fsp3) is 0.444. The molecule has 0 saturated heterocycles. The van der Waals surface area contributed by atoms with Gasteiger partial charge in [-0.2, -0.15) is 0 Å². The van der Waals surface area contributed by atoms with Crippen molar-refractivity contribution < 1.29 is 9.84 Å². The molecule has 0 bridgehead atoms. The summed E-state index contributed by atoms with van der Waals surface area (Å²) in [5.74, 6) is 0.873. The van der Waals surface area contributed by atoms with Crippen LogP contribution in [0, 0.1) is 12.3 Å². The van der Waals surface area contributed by atoms with E-state index in [1.54, 1.807) is 7.11 Å². The van der Waals surface area contributed by atoms with Crippen LogP contribution >= 0.6 is 0 Å². The lowest BCUT2D eigenvalue weighted by Crippen LogP contribution is -2.26. The van der Waals surface area contributed by atoms with Crippen LogP contribution in [0.3, 0.4) is 0 Å². The van der Waals surface area contributed by atoms with Crippen molar-refractivity contribution in [3.63, 3.8) is 0 Å². The van der Waals surface area contributed by atoms with Gasteiger partial charge in [0.25, 0.3) is 0 Å². The number of aliphatic hydroxyl groups is 1. The smallest absolute Gasteiger partial charge is 0.119 e. The van der Waals surface area contributed by atoms with Crippen LogP contribution in [0.15, 0.2) is 30.5 Å². The maximum Gasteiger partial charge on any atom is 0.119 e. The average Bonchev–Trinajstić information content (AvgIpc) is 2.81. The Morgan fingerprint density at radius 2 is 2.05 bits per heavy atom. The number of rotatable bonds is 2. The van der Waals surface area contributed by atoms with Crippen LogP contribution in [0.4, 0.5) is 0 Å². The Morgan fingerprint density at radius 3 is 2.71 bits per heavy atom. The third kappa shape index (κ3) is 2.46. The van der Waals surface area contributed by atoms with Crippen LogP contribution in [0.5, 0.6) is 5.75 Å². The summed E-state index contributed by atoms with van der Waals surface area (Å²) in [5, 5.41) is 10.4. The third-order valence-corrected chi connectivity index (χ3v) is 4.44. The van der Waals surface area contributed by atoms with Gasteiger partial charge in [0.2, 0.25) is 0 Å². The van der Waals surface area contributed by atoms with Gasteiger partial charge >= 0.3 is 0 Å². The zero-order valence-corrected chi connectivity index (χ0v) is 13.2. The second-order valence-electron chi connectivity index (χ2n) is 6.80. The molecule has 1 aliphatic carbocycles. The number of benzene rings is 1. The van der Waals surface area contributed by atoms with Crippen molar-refractivity contribution in [1.82, 2.24) is 4.57 Å². The van der Waals surface area contributed by atoms with Crippen molar-refractivity contribution in [2.45, 2.75) is 39.7 Å². The number of fused-ring (bicyclic) bond motifs is 1. The van der Waals surface area contributed by atoms with Crippen molar-refractivity contribution in [2.75, 3.05) is 7.11 Å². The molecule has 2 aromatic rings. The number of aliphatic hydroxyl groups excluding tert-OH is 1. The molecular formula is C18H23NO2. The van der Waals surface area contributed by atoms with Crippen LogP contribution in [0.1, 0.15) is 43.2 Å². The fourth-order valence-electron chi connectivity index (χ4n) is 3.38. The van der Waals surface area contributed by atoms with Crippen molar-refractivity contribution >= 4 is 0 Å². The number of nitrogens with zero attached hydrogens (tertiary/aromatic N) is 1. The van der Waals surface area contributed by atoms with Crippen molar-refractivity contribution in [1.29, 1.82) is 0 Å². The summed E-state index contributed by atoms with van der Waals surface area (Å²) in [6, 6.07) is 8.17. The molecule has 1 atom stereocenters. The normalized spacial score (nSPS) is 20.1. The first kappa shape index (κ1) is 14.2. The van der Waals surface area contributed by atoms with Gasteiger partial charge in [0.05, 0.1) is 13.2 Å². The van der Waals surface area contributed by atoms with E-state index in [1.165, 1.54) is 11.3 Å². The standard InChI is InChI=1S/C18H23NO2/c1-12-9-13(21-4)5-6-15(12)19-8-7-14-16(19)10-18(2,3)11-17(14)20/h5-9,17,20H,10-11H2,1-4H3. The first-order valence-corrected chi connectivity index (χ1v) is 7.44. The van der Waals surface area contributed by atoms with Gasteiger partial charge in [0.1, 0.15) is 5.75 Å². The quantitative estimate of drug-likeness (QED) is 0.910. The van der Waals surface area contributed by atoms with E-state index in [0.717, 1.165) is 29.8 Å². The number of aromatic nitrogens is 1. The fourth-order valence-corrected chi connectivity index (χ4v) is 3.38. The van der Waals surface area contributed by atoms with Gasteiger partial charge in [-0.1, -0.05) is 13.8 Å². The van der Waals surface area contributed by atoms with Gasteiger partial charge in [-0.05, 0) is 55.0 Å². The molecule has 3 heteroatoms. The summed E-state index contributed by atoms with van der Waals surface area (Å²) in [6.45, 7) is 6.53. The highest BCUT2D eigenvalue weighted by Gasteiger charge is 2.33. The Kier molecular flexibility index (Phi) is 3.33. The molecule has 3 nitrogen and oxygen atoms in total. The lowest BCUT2D eigenvalue weighted by molar-refractivity contribution is 0.0987. The Labute approximate surface area is 126 Å². The van der Waals surface area contributed by atoms with E-state index in [1.807, 2.05) is 12.1 Å². The highest BCUT2D eigenvalue weighted by molar-refractivity contribution is 5.48. The molecule has 1 heterocycles. The number of hydrogen-bond donors (Lipinski definition) is 1. The number of methoxy groups -OCH3 is 1. The van der Waals surface area contributed by atoms with Crippen molar-refractivity contribution in [3.8, 4) is 11.4 Å². The summed E-state index contributed by atoms with van der Waals surface area (Å²) in [4.78, 5) is 0. The van der Waals surface area contributed by atoms with E-state index in [2.05, 4.69) is 43.7 Å². The summed E-state index contributed by atoms with van der Waals surface area (Å²) in [6.07, 6.45) is 3.52. The first-order chi connectivity index (χ1) is 9.91. The van der Waals surface area contributed by atoms with E-state index in [4.69, 9.17) is 4.74 Å². The van der Waals surface area contributed by atoms with Crippen LogP contribution in [0.25, 0.3) is 5.69 Å². The molecule has 3 rings (SSSR count). The van der Waals surface area contributed by atoms with Crippen molar-refractivity contribution in [3.05, 3.63) is 47.3 Å². The van der Waals surface area contributed by atoms with E-state index in [-0.39, 0.29) is 11.5 Å². The molecular weight excluding hydrogens is 262 g/mol. The topological polar surface area (TPSA) is 34.4 Å². The van der Waals surface area contributed by atoms with E-state index in [0.29, 0.717) is 0 Å². The highest BCUT2D eigenvalue weighted by Crippen LogP contribution is 2.42. The van der Waals surface area contributed by atoms with E-state index in [9.17, 15) is 5.11 Å². The molecule has 0 spiro atoms. The van der Waals surface area contributed by atoms with Gasteiger partial charge in [-0.15, -0.1) is 0 Å². The summed E-state index contributed by atoms with van der Waals surface area (Å²) >= 11 is 0. The maximum absolute atomic E-state index is 10.4. The van der Waals surface area contributed by atoms with Gasteiger partial charge < -0.3 is 14.4 Å². The second-order valence-corrected chi connectivity index (χ2v) is 6.80. The van der Waals surface area contributed by atoms with Gasteiger partial charge in [0.15, 0.2) is 0 Å². The average molecular weight is 285 g/mol. The zero-order chi connectivity index (χ0) is 15.2. The van der Waals surface area contributed by atoms with Crippen LogP contribution in [-0.2, 0) is 6.42 Å². The zero-order valence-electron chi connectivity index (χ0n) is 13.2. The molecule has 1 aliphatic rings. The molecule has 21 heavy (non-hydrogen) atoms. The van der Waals surface area contributed by atoms with Gasteiger partial charge in [-0.3, -0.25) is 0 Å². The molecule has 1 aromatic heterocycles.